The van der Waals surface area contributed by atoms with E-state index in [1.54, 1.807) is 0 Å². The molecule has 7 heteroatoms. The standard InChI is InChI=1S/C13H21F5O2/c14-12(15,13(16,17)18)10-8-6-4-2-1-3-5-7-9-11(19)20/h1-10H2,(H,19,20). The second kappa shape index (κ2) is 9.13. The van der Waals surface area contributed by atoms with Crippen LogP contribution in [0.5, 0.6) is 0 Å². The summed E-state index contributed by atoms with van der Waals surface area (Å²) in [6.07, 6.45) is -1.66. The summed E-state index contributed by atoms with van der Waals surface area (Å²) in [6.45, 7) is 0. The summed E-state index contributed by atoms with van der Waals surface area (Å²) in [4.78, 5) is 10.2. The maximum atomic E-state index is 12.5. The molecule has 0 aromatic heterocycles. The molecule has 0 rings (SSSR count). The van der Waals surface area contributed by atoms with Crippen LogP contribution >= 0.6 is 0 Å². The Balaban J connectivity index is 3.39. The van der Waals surface area contributed by atoms with E-state index < -0.39 is 24.5 Å². The lowest BCUT2D eigenvalue weighted by Gasteiger charge is -2.19. The summed E-state index contributed by atoms with van der Waals surface area (Å²) < 4.78 is 60.6. The van der Waals surface area contributed by atoms with E-state index in [0.717, 1.165) is 25.7 Å². The van der Waals surface area contributed by atoms with Crippen LogP contribution < -0.4 is 0 Å². The average Bonchev–Trinajstić information content (AvgIpc) is 2.29. The van der Waals surface area contributed by atoms with Gasteiger partial charge in [-0.25, -0.2) is 0 Å². The third-order valence-electron chi connectivity index (χ3n) is 3.05. The van der Waals surface area contributed by atoms with Crippen LogP contribution in [0.1, 0.15) is 64.2 Å². The summed E-state index contributed by atoms with van der Waals surface area (Å²) in [7, 11) is 0. The topological polar surface area (TPSA) is 37.3 Å². The minimum Gasteiger partial charge on any atom is -0.481 e. The molecule has 0 fully saturated rings. The number of carboxylic acid groups (broad SMARTS) is 1. The largest absolute Gasteiger partial charge is 0.481 e. The van der Waals surface area contributed by atoms with Crippen molar-refractivity contribution < 1.29 is 31.9 Å². The van der Waals surface area contributed by atoms with Gasteiger partial charge >= 0.3 is 18.1 Å². The second-order valence-electron chi connectivity index (χ2n) is 4.92. The van der Waals surface area contributed by atoms with Crippen LogP contribution in [-0.2, 0) is 4.79 Å². The highest BCUT2D eigenvalue weighted by atomic mass is 19.4. The van der Waals surface area contributed by atoms with Gasteiger partial charge in [0.25, 0.3) is 0 Å². The highest BCUT2D eigenvalue weighted by molar-refractivity contribution is 5.66. The summed E-state index contributed by atoms with van der Waals surface area (Å²) in [5.74, 6) is -5.40. The smallest absolute Gasteiger partial charge is 0.453 e. The highest BCUT2D eigenvalue weighted by Gasteiger charge is 2.56. The molecule has 2 nitrogen and oxygen atoms in total. The van der Waals surface area contributed by atoms with Crippen molar-refractivity contribution in [3.8, 4) is 0 Å². The van der Waals surface area contributed by atoms with Crippen LogP contribution in [-0.4, -0.2) is 23.2 Å². The van der Waals surface area contributed by atoms with E-state index in [4.69, 9.17) is 5.11 Å². The first-order valence-electron chi connectivity index (χ1n) is 6.83. The summed E-state index contributed by atoms with van der Waals surface area (Å²) in [5.41, 5.74) is 0. The number of aliphatic carboxylic acids is 1. The molecule has 120 valence electrons. The van der Waals surface area contributed by atoms with Gasteiger partial charge in [0.05, 0.1) is 0 Å². The minimum absolute atomic E-state index is 0.133. The van der Waals surface area contributed by atoms with Crippen LogP contribution in [0.15, 0.2) is 0 Å². The number of carbonyl (C=O) groups is 1. The Morgan fingerprint density at radius 2 is 1.15 bits per heavy atom. The van der Waals surface area contributed by atoms with Gasteiger partial charge in [0.2, 0.25) is 0 Å². The van der Waals surface area contributed by atoms with Gasteiger partial charge in [0, 0.05) is 12.8 Å². The Kier molecular flexibility index (Phi) is 8.73. The SMILES string of the molecule is O=C(O)CCCCCCCCCCC(F)(F)C(F)(F)F. The van der Waals surface area contributed by atoms with Gasteiger partial charge in [0.1, 0.15) is 0 Å². The lowest BCUT2D eigenvalue weighted by Crippen LogP contribution is -2.36. The number of carboxylic acids is 1. The third kappa shape index (κ3) is 9.09. The monoisotopic (exact) mass is 304 g/mol. The van der Waals surface area contributed by atoms with E-state index in [1.807, 2.05) is 0 Å². The zero-order valence-corrected chi connectivity index (χ0v) is 11.3. The number of halogens is 5. The fourth-order valence-corrected chi connectivity index (χ4v) is 1.83. The van der Waals surface area contributed by atoms with Gasteiger partial charge in [-0.3, -0.25) is 4.79 Å². The molecule has 0 heterocycles. The van der Waals surface area contributed by atoms with E-state index in [2.05, 4.69) is 0 Å². The Bertz CT molecular complexity index is 276. The van der Waals surface area contributed by atoms with Crippen molar-refractivity contribution in [3.63, 3.8) is 0 Å². The Morgan fingerprint density at radius 1 is 0.750 bits per heavy atom. The van der Waals surface area contributed by atoms with E-state index in [9.17, 15) is 26.7 Å². The maximum absolute atomic E-state index is 12.5. The molecular formula is C13H21F5O2. The Hall–Kier alpha value is -0.880. The fourth-order valence-electron chi connectivity index (χ4n) is 1.83. The summed E-state index contributed by atoms with van der Waals surface area (Å²) in [6, 6.07) is 0. The molecule has 0 aliphatic carbocycles. The molecule has 0 aliphatic heterocycles. The zero-order chi connectivity index (χ0) is 15.6. The molecule has 0 bridgehead atoms. The first-order chi connectivity index (χ1) is 9.17. The Morgan fingerprint density at radius 3 is 1.55 bits per heavy atom. The molecule has 0 spiro atoms. The molecular weight excluding hydrogens is 283 g/mol. The molecule has 0 aromatic carbocycles. The number of unbranched alkanes of at least 4 members (excludes halogenated alkanes) is 7. The molecule has 0 atom stereocenters. The van der Waals surface area contributed by atoms with Crippen molar-refractivity contribution in [2.45, 2.75) is 76.3 Å². The normalized spacial score (nSPS) is 12.7. The second-order valence-corrected chi connectivity index (χ2v) is 4.92. The van der Waals surface area contributed by atoms with Crippen molar-refractivity contribution in [3.05, 3.63) is 0 Å². The molecule has 20 heavy (non-hydrogen) atoms. The van der Waals surface area contributed by atoms with Gasteiger partial charge in [-0.1, -0.05) is 38.5 Å². The molecule has 0 saturated carbocycles. The van der Waals surface area contributed by atoms with E-state index >= 15 is 0 Å². The molecule has 0 saturated heterocycles. The average molecular weight is 304 g/mol. The van der Waals surface area contributed by atoms with Gasteiger partial charge in [-0.15, -0.1) is 0 Å². The number of alkyl halides is 5. The summed E-state index contributed by atoms with van der Waals surface area (Å²) in [5, 5.41) is 8.39. The number of rotatable bonds is 11. The molecule has 0 aliphatic rings. The van der Waals surface area contributed by atoms with Crippen molar-refractivity contribution in [1.29, 1.82) is 0 Å². The number of hydrogen-bond acceptors (Lipinski definition) is 1. The first-order valence-corrected chi connectivity index (χ1v) is 6.83. The minimum atomic E-state index is -5.45. The fraction of sp³-hybridized carbons (Fsp3) is 0.923. The lowest BCUT2D eigenvalue weighted by atomic mass is 10.0. The van der Waals surface area contributed by atoms with Crippen molar-refractivity contribution in [2.24, 2.45) is 0 Å². The number of hydrogen-bond donors (Lipinski definition) is 1. The molecule has 0 aromatic rings. The quantitative estimate of drug-likeness (QED) is 0.422. The maximum Gasteiger partial charge on any atom is 0.453 e. The third-order valence-corrected chi connectivity index (χ3v) is 3.05. The lowest BCUT2D eigenvalue weighted by molar-refractivity contribution is -0.284. The van der Waals surface area contributed by atoms with Crippen LogP contribution in [0.25, 0.3) is 0 Å². The zero-order valence-electron chi connectivity index (χ0n) is 11.3. The van der Waals surface area contributed by atoms with Crippen molar-refractivity contribution >= 4 is 5.97 Å². The highest BCUT2D eigenvalue weighted by Crippen LogP contribution is 2.39. The van der Waals surface area contributed by atoms with Crippen molar-refractivity contribution in [1.82, 2.24) is 0 Å². The van der Waals surface area contributed by atoms with Crippen molar-refractivity contribution in [2.75, 3.05) is 0 Å². The molecule has 0 radical (unpaired) electrons. The van der Waals surface area contributed by atoms with E-state index in [1.165, 1.54) is 0 Å². The molecule has 0 amide bonds. The van der Waals surface area contributed by atoms with Gasteiger partial charge < -0.3 is 5.11 Å². The summed E-state index contributed by atoms with van der Waals surface area (Å²) >= 11 is 0. The van der Waals surface area contributed by atoms with Gasteiger partial charge in [-0.05, 0) is 12.8 Å². The predicted molar refractivity (Wildman–Crippen MR) is 64.8 cm³/mol. The molecule has 0 unspecified atom stereocenters. The van der Waals surface area contributed by atoms with Crippen LogP contribution in [0, 0.1) is 0 Å². The predicted octanol–water partition coefficient (Wildman–Crippen LogP) is 5.17. The van der Waals surface area contributed by atoms with Gasteiger partial charge in [0.15, 0.2) is 0 Å². The van der Waals surface area contributed by atoms with Gasteiger partial charge in [-0.2, -0.15) is 22.0 Å². The van der Waals surface area contributed by atoms with E-state index in [0.29, 0.717) is 19.3 Å². The van der Waals surface area contributed by atoms with Crippen LogP contribution in [0.3, 0.4) is 0 Å². The van der Waals surface area contributed by atoms with Crippen LogP contribution in [0.4, 0.5) is 22.0 Å². The first kappa shape index (κ1) is 19.1. The molecule has 1 N–H and O–H groups in total. The van der Waals surface area contributed by atoms with Crippen LogP contribution in [0.2, 0.25) is 0 Å². The van der Waals surface area contributed by atoms with E-state index in [-0.39, 0.29) is 12.8 Å². The Labute approximate surface area is 115 Å².